The lowest BCUT2D eigenvalue weighted by molar-refractivity contribution is 0.141. The van der Waals surface area contributed by atoms with Crippen LogP contribution in [0, 0.1) is 18.7 Å². The van der Waals surface area contributed by atoms with Gasteiger partial charge in [-0.15, -0.1) is 0 Å². The molecule has 3 rings (SSSR count). The van der Waals surface area contributed by atoms with Gasteiger partial charge in [-0.2, -0.15) is 0 Å². The van der Waals surface area contributed by atoms with E-state index in [-0.39, 0.29) is 11.7 Å². The molecule has 0 bridgehead atoms. The summed E-state index contributed by atoms with van der Waals surface area (Å²) in [5, 5.41) is 10.8. The van der Waals surface area contributed by atoms with Crippen molar-refractivity contribution in [1.82, 2.24) is 9.88 Å². The minimum Gasteiger partial charge on any atom is -0.391 e. The number of hydrogen-bond acceptors (Lipinski definition) is 3. The van der Waals surface area contributed by atoms with E-state index in [4.69, 9.17) is 11.6 Å². The quantitative estimate of drug-likeness (QED) is 0.932. The molecule has 0 unspecified atom stereocenters. The number of halogens is 2. The van der Waals surface area contributed by atoms with Gasteiger partial charge in [0.15, 0.2) is 0 Å². The number of pyridine rings is 1. The number of nitrogens with zero attached hydrogens (tertiary/aromatic N) is 2. The van der Waals surface area contributed by atoms with Crippen LogP contribution in [0.4, 0.5) is 4.39 Å². The van der Waals surface area contributed by atoms with Gasteiger partial charge in [0.2, 0.25) is 0 Å². The van der Waals surface area contributed by atoms with Crippen LogP contribution < -0.4 is 0 Å². The fourth-order valence-corrected chi connectivity index (χ4v) is 3.38. The van der Waals surface area contributed by atoms with Gasteiger partial charge in [-0.25, -0.2) is 4.39 Å². The summed E-state index contributed by atoms with van der Waals surface area (Å²) >= 11 is 6.15. The van der Waals surface area contributed by atoms with E-state index in [1.807, 2.05) is 12.1 Å². The molecule has 0 spiro atoms. The molecule has 5 heteroatoms. The second-order valence-corrected chi connectivity index (χ2v) is 6.65. The highest BCUT2D eigenvalue weighted by atomic mass is 35.5. The number of aliphatic hydroxyl groups excluding tert-OH is 1. The first-order chi connectivity index (χ1) is 11.0. The smallest absolute Gasteiger partial charge is 0.132 e. The van der Waals surface area contributed by atoms with Gasteiger partial charge in [-0.3, -0.25) is 9.88 Å². The maximum absolute atomic E-state index is 14.3. The molecule has 2 aromatic rings. The van der Waals surface area contributed by atoms with Gasteiger partial charge in [0, 0.05) is 48.5 Å². The SMILES string of the molecule is Cc1ccc(Cl)c(CN2C[C@@H](Cc3ccncc3)[C@H](O)C2)c1F. The normalized spacial score (nSPS) is 21.7. The second kappa shape index (κ2) is 6.95. The highest BCUT2D eigenvalue weighted by molar-refractivity contribution is 6.31. The molecule has 1 N–H and O–H groups in total. The molecule has 2 atom stereocenters. The van der Waals surface area contributed by atoms with Gasteiger partial charge < -0.3 is 5.11 Å². The third-order valence-electron chi connectivity index (χ3n) is 4.49. The molecule has 1 aromatic carbocycles. The van der Waals surface area contributed by atoms with Gasteiger partial charge in [0.25, 0.3) is 0 Å². The molecule has 0 aliphatic carbocycles. The number of likely N-dealkylation sites (tertiary alicyclic amines) is 1. The Morgan fingerprint density at radius 1 is 1.26 bits per heavy atom. The van der Waals surface area contributed by atoms with Crippen molar-refractivity contribution in [3.8, 4) is 0 Å². The Bertz CT molecular complexity index is 680. The highest BCUT2D eigenvalue weighted by Gasteiger charge is 2.32. The molecule has 1 aliphatic heterocycles. The summed E-state index contributed by atoms with van der Waals surface area (Å²) in [6, 6.07) is 7.35. The molecule has 1 saturated heterocycles. The number of aliphatic hydroxyl groups is 1. The first-order valence-electron chi connectivity index (χ1n) is 7.77. The van der Waals surface area contributed by atoms with Crippen molar-refractivity contribution in [2.45, 2.75) is 26.0 Å². The average molecular weight is 335 g/mol. The number of aryl methyl sites for hydroxylation is 1. The fourth-order valence-electron chi connectivity index (χ4n) is 3.18. The maximum Gasteiger partial charge on any atom is 0.132 e. The first-order valence-corrected chi connectivity index (χ1v) is 8.15. The van der Waals surface area contributed by atoms with Crippen LogP contribution in [0.5, 0.6) is 0 Å². The minimum atomic E-state index is -0.408. The van der Waals surface area contributed by atoms with Crippen LogP contribution in [0.15, 0.2) is 36.7 Å². The molecule has 1 fully saturated rings. The molecule has 0 saturated carbocycles. The van der Waals surface area contributed by atoms with Crippen LogP contribution in [-0.2, 0) is 13.0 Å². The Hall–Kier alpha value is -1.49. The molecular weight excluding hydrogens is 315 g/mol. The van der Waals surface area contributed by atoms with Crippen LogP contribution in [0.1, 0.15) is 16.7 Å². The Morgan fingerprint density at radius 3 is 2.74 bits per heavy atom. The van der Waals surface area contributed by atoms with Gasteiger partial charge in [0.1, 0.15) is 5.82 Å². The summed E-state index contributed by atoms with van der Waals surface area (Å²) in [5.74, 6) is -0.103. The van der Waals surface area contributed by atoms with Crippen LogP contribution in [-0.4, -0.2) is 34.2 Å². The zero-order chi connectivity index (χ0) is 16.4. The van der Waals surface area contributed by atoms with Gasteiger partial charge >= 0.3 is 0 Å². The van der Waals surface area contributed by atoms with Crippen molar-refractivity contribution in [3.05, 3.63) is 64.2 Å². The van der Waals surface area contributed by atoms with E-state index < -0.39 is 6.10 Å². The van der Waals surface area contributed by atoms with Crippen LogP contribution in [0.3, 0.4) is 0 Å². The largest absolute Gasteiger partial charge is 0.391 e. The summed E-state index contributed by atoms with van der Waals surface area (Å²) in [6.45, 7) is 3.43. The lowest BCUT2D eigenvalue weighted by Gasteiger charge is -2.18. The molecule has 1 aliphatic rings. The van der Waals surface area contributed by atoms with Gasteiger partial charge in [-0.1, -0.05) is 17.7 Å². The zero-order valence-electron chi connectivity index (χ0n) is 13.0. The molecule has 3 nitrogen and oxygen atoms in total. The number of β-amino-alcohol motifs (C(OH)–C–C–N with tert-alkyl or cyclic N) is 1. The number of hydrogen-bond donors (Lipinski definition) is 1. The molecule has 23 heavy (non-hydrogen) atoms. The zero-order valence-corrected chi connectivity index (χ0v) is 13.8. The van der Waals surface area contributed by atoms with Crippen molar-refractivity contribution in [2.75, 3.05) is 13.1 Å². The third kappa shape index (κ3) is 3.71. The van der Waals surface area contributed by atoms with E-state index in [2.05, 4.69) is 9.88 Å². The molecule has 1 aromatic heterocycles. The monoisotopic (exact) mass is 334 g/mol. The van der Waals surface area contributed by atoms with E-state index >= 15 is 0 Å². The topological polar surface area (TPSA) is 36.4 Å². The van der Waals surface area contributed by atoms with Crippen molar-refractivity contribution in [3.63, 3.8) is 0 Å². The van der Waals surface area contributed by atoms with Crippen molar-refractivity contribution >= 4 is 11.6 Å². The van der Waals surface area contributed by atoms with E-state index in [1.165, 1.54) is 0 Å². The minimum absolute atomic E-state index is 0.143. The predicted molar refractivity (Wildman–Crippen MR) is 88.9 cm³/mol. The molecule has 0 radical (unpaired) electrons. The summed E-state index contributed by atoms with van der Waals surface area (Å²) < 4.78 is 14.3. The average Bonchev–Trinajstić information content (AvgIpc) is 2.88. The summed E-state index contributed by atoms with van der Waals surface area (Å²) in [4.78, 5) is 6.08. The second-order valence-electron chi connectivity index (χ2n) is 6.24. The Kier molecular flexibility index (Phi) is 4.95. The standard InChI is InChI=1S/C18H20ClFN2O/c1-12-2-3-16(19)15(18(12)20)10-22-9-14(17(23)11-22)8-13-4-6-21-7-5-13/h2-7,14,17,23H,8-11H2,1H3/t14-,17-/m1/s1. The van der Waals surface area contributed by atoms with Gasteiger partial charge in [-0.05, 0) is 42.7 Å². The Labute approximate surface area is 140 Å². The molecule has 2 heterocycles. The number of rotatable bonds is 4. The number of benzene rings is 1. The van der Waals surface area contributed by atoms with Crippen molar-refractivity contribution < 1.29 is 9.50 Å². The lowest BCUT2D eigenvalue weighted by Crippen LogP contribution is -2.22. The maximum atomic E-state index is 14.3. The Balaban J connectivity index is 1.69. The van der Waals surface area contributed by atoms with E-state index in [0.717, 1.165) is 18.5 Å². The lowest BCUT2D eigenvalue weighted by atomic mass is 9.97. The highest BCUT2D eigenvalue weighted by Crippen LogP contribution is 2.27. The predicted octanol–water partition coefficient (Wildman–Crippen LogP) is 3.22. The summed E-state index contributed by atoms with van der Waals surface area (Å²) in [6.07, 6.45) is 3.91. The van der Waals surface area contributed by atoms with E-state index in [1.54, 1.807) is 31.5 Å². The molecule has 122 valence electrons. The van der Waals surface area contributed by atoms with Crippen molar-refractivity contribution in [1.29, 1.82) is 0 Å². The van der Waals surface area contributed by atoms with E-state index in [0.29, 0.717) is 29.2 Å². The summed E-state index contributed by atoms with van der Waals surface area (Å²) in [7, 11) is 0. The van der Waals surface area contributed by atoms with E-state index in [9.17, 15) is 9.50 Å². The van der Waals surface area contributed by atoms with Crippen LogP contribution >= 0.6 is 11.6 Å². The number of aromatic nitrogens is 1. The Morgan fingerprint density at radius 2 is 2.00 bits per heavy atom. The third-order valence-corrected chi connectivity index (χ3v) is 4.84. The van der Waals surface area contributed by atoms with Crippen LogP contribution in [0.2, 0.25) is 5.02 Å². The summed E-state index contributed by atoms with van der Waals surface area (Å²) in [5.41, 5.74) is 2.27. The molecule has 0 amide bonds. The van der Waals surface area contributed by atoms with Gasteiger partial charge in [0.05, 0.1) is 6.10 Å². The molecular formula is C18H20ClFN2O. The first kappa shape index (κ1) is 16.4. The van der Waals surface area contributed by atoms with Crippen molar-refractivity contribution in [2.24, 2.45) is 5.92 Å². The fraction of sp³-hybridized carbons (Fsp3) is 0.389. The van der Waals surface area contributed by atoms with Crippen LogP contribution in [0.25, 0.3) is 0 Å².